The van der Waals surface area contributed by atoms with Gasteiger partial charge in [0.2, 0.25) is 0 Å². The Balaban J connectivity index is 2.02. The molecule has 0 saturated heterocycles. The topological polar surface area (TPSA) is 26.0 Å². The van der Waals surface area contributed by atoms with Gasteiger partial charge < -0.3 is 5.73 Å². The van der Waals surface area contributed by atoms with Gasteiger partial charge in [0.25, 0.3) is 0 Å². The van der Waals surface area contributed by atoms with Crippen LogP contribution in [0.3, 0.4) is 0 Å². The third-order valence-electron chi connectivity index (χ3n) is 4.11. The summed E-state index contributed by atoms with van der Waals surface area (Å²) in [5, 5.41) is 0. The van der Waals surface area contributed by atoms with Crippen molar-refractivity contribution in [2.24, 2.45) is 17.6 Å². The summed E-state index contributed by atoms with van der Waals surface area (Å²) in [5.74, 6) is 8.24. The molecule has 1 aromatic rings. The molecule has 0 aliphatic heterocycles. The molecule has 0 heterocycles. The van der Waals surface area contributed by atoms with E-state index in [0.29, 0.717) is 5.92 Å². The van der Waals surface area contributed by atoms with Crippen molar-refractivity contribution in [1.82, 2.24) is 0 Å². The molecule has 1 aliphatic rings. The predicted molar refractivity (Wildman–Crippen MR) is 81.8 cm³/mol. The minimum absolute atomic E-state index is 0.599. The lowest BCUT2D eigenvalue weighted by molar-refractivity contribution is 0.316. The van der Waals surface area contributed by atoms with Crippen molar-refractivity contribution in [2.75, 3.05) is 6.54 Å². The van der Waals surface area contributed by atoms with E-state index < -0.39 is 0 Å². The Morgan fingerprint density at radius 1 is 1.26 bits per heavy atom. The van der Waals surface area contributed by atoms with E-state index in [2.05, 4.69) is 43.0 Å². The predicted octanol–water partition coefficient (Wildman–Crippen LogP) is 3.76. The van der Waals surface area contributed by atoms with Crippen molar-refractivity contribution < 1.29 is 0 Å². The highest BCUT2D eigenvalue weighted by Gasteiger charge is 2.18. The lowest BCUT2D eigenvalue weighted by Crippen LogP contribution is -2.14. The van der Waals surface area contributed by atoms with Gasteiger partial charge in [0.1, 0.15) is 0 Å². The summed E-state index contributed by atoms with van der Waals surface area (Å²) in [6, 6.07) is 8.62. The van der Waals surface area contributed by atoms with Crippen LogP contribution in [0, 0.1) is 23.7 Å². The van der Waals surface area contributed by atoms with Gasteiger partial charge in [0.05, 0.1) is 0 Å². The maximum Gasteiger partial charge on any atom is 0.0248 e. The molecule has 2 unspecified atom stereocenters. The Kier molecular flexibility index (Phi) is 5.48. The highest BCUT2D eigenvalue weighted by molar-refractivity contribution is 5.37. The van der Waals surface area contributed by atoms with Crippen LogP contribution >= 0.6 is 0 Å². The zero-order valence-corrected chi connectivity index (χ0v) is 12.0. The molecule has 2 rings (SSSR count). The first-order valence-corrected chi connectivity index (χ1v) is 7.60. The average molecular weight is 255 g/mol. The molecule has 0 bridgehead atoms. The van der Waals surface area contributed by atoms with E-state index in [1.165, 1.54) is 31.2 Å². The molecule has 1 saturated carbocycles. The van der Waals surface area contributed by atoms with Crippen molar-refractivity contribution in [3.63, 3.8) is 0 Å². The molecule has 0 radical (unpaired) electrons. The van der Waals surface area contributed by atoms with Crippen LogP contribution in [0.15, 0.2) is 24.3 Å². The average Bonchev–Trinajstić information content (AvgIpc) is 2.45. The second-order valence-corrected chi connectivity index (χ2v) is 5.73. The van der Waals surface area contributed by atoms with Crippen LogP contribution in [0.1, 0.15) is 50.2 Å². The number of nitrogens with two attached hydrogens (primary N) is 1. The molecule has 0 amide bonds. The van der Waals surface area contributed by atoms with Gasteiger partial charge in [-0.3, -0.25) is 0 Å². The van der Waals surface area contributed by atoms with E-state index in [-0.39, 0.29) is 0 Å². The Bertz CT molecular complexity index is 452. The van der Waals surface area contributed by atoms with Crippen molar-refractivity contribution in [3.8, 4) is 11.8 Å². The molecule has 1 heteroatoms. The molecule has 1 fully saturated rings. The van der Waals surface area contributed by atoms with E-state index in [4.69, 9.17) is 5.73 Å². The normalized spacial score (nSPS) is 22.6. The summed E-state index contributed by atoms with van der Waals surface area (Å²) in [6.45, 7) is 3.10. The Labute approximate surface area is 117 Å². The number of hydrogen-bond donors (Lipinski definition) is 1. The molecule has 1 aliphatic carbocycles. The number of aryl methyl sites for hydroxylation is 1. The van der Waals surface area contributed by atoms with Gasteiger partial charge in [-0.1, -0.05) is 43.7 Å². The first kappa shape index (κ1) is 14.2. The second kappa shape index (κ2) is 7.36. The number of hydrogen-bond acceptors (Lipinski definition) is 1. The maximum absolute atomic E-state index is 5.56. The number of rotatable bonds is 3. The minimum Gasteiger partial charge on any atom is -0.330 e. The summed E-state index contributed by atoms with van der Waals surface area (Å²) >= 11 is 0. The summed E-state index contributed by atoms with van der Waals surface area (Å²) < 4.78 is 0. The maximum atomic E-state index is 5.56. The Morgan fingerprint density at radius 3 is 2.89 bits per heavy atom. The fourth-order valence-electron chi connectivity index (χ4n) is 2.82. The third-order valence-corrected chi connectivity index (χ3v) is 4.11. The fraction of sp³-hybridized carbons (Fsp3) is 0.556. The van der Waals surface area contributed by atoms with Gasteiger partial charge in [-0.05, 0) is 55.8 Å². The third kappa shape index (κ3) is 4.40. The first-order chi connectivity index (χ1) is 9.29. The lowest BCUT2D eigenvalue weighted by atomic mass is 9.81. The largest absolute Gasteiger partial charge is 0.330 e. The van der Waals surface area contributed by atoms with Crippen molar-refractivity contribution in [2.45, 2.75) is 45.4 Å². The van der Waals surface area contributed by atoms with Crippen molar-refractivity contribution in [1.29, 1.82) is 0 Å². The molecular formula is C18H25N. The SMILES string of the molecule is CC1CCCCC1C#Cc1cccc(CCCN)c1. The molecule has 2 N–H and O–H groups in total. The molecule has 19 heavy (non-hydrogen) atoms. The van der Waals surface area contributed by atoms with Crippen LogP contribution in [0.4, 0.5) is 0 Å². The fourth-order valence-corrected chi connectivity index (χ4v) is 2.82. The molecule has 2 atom stereocenters. The van der Waals surface area contributed by atoms with E-state index in [1.807, 2.05) is 0 Å². The molecule has 1 nitrogen and oxygen atoms in total. The monoisotopic (exact) mass is 255 g/mol. The Hall–Kier alpha value is -1.26. The second-order valence-electron chi connectivity index (χ2n) is 5.73. The van der Waals surface area contributed by atoms with Gasteiger partial charge in [0.15, 0.2) is 0 Å². The lowest BCUT2D eigenvalue weighted by Gasteiger charge is -2.24. The summed E-state index contributed by atoms with van der Waals surface area (Å²) in [6.07, 6.45) is 7.47. The minimum atomic E-state index is 0.599. The molecule has 0 spiro atoms. The van der Waals surface area contributed by atoms with E-state index in [0.717, 1.165) is 30.9 Å². The number of benzene rings is 1. The Morgan fingerprint density at radius 2 is 2.11 bits per heavy atom. The molecule has 1 aromatic carbocycles. The van der Waals surface area contributed by atoms with Gasteiger partial charge in [-0.2, -0.15) is 0 Å². The van der Waals surface area contributed by atoms with E-state index >= 15 is 0 Å². The van der Waals surface area contributed by atoms with Crippen molar-refractivity contribution in [3.05, 3.63) is 35.4 Å². The molecular weight excluding hydrogens is 230 g/mol. The summed E-state index contributed by atoms with van der Waals surface area (Å²) in [4.78, 5) is 0. The zero-order valence-electron chi connectivity index (χ0n) is 12.0. The van der Waals surface area contributed by atoms with Crippen LogP contribution in [0.25, 0.3) is 0 Å². The van der Waals surface area contributed by atoms with Gasteiger partial charge in [-0.15, -0.1) is 0 Å². The van der Waals surface area contributed by atoms with Gasteiger partial charge in [-0.25, -0.2) is 0 Å². The van der Waals surface area contributed by atoms with Crippen LogP contribution in [-0.2, 0) is 6.42 Å². The molecule has 0 aromatic heterocycles. The standard InChI is InChI=1S/C18H25N/c1-15-6-2-3-10-18(15)12-11-17-8-4-7-16(14-17)9-5-13-19/h4,7-8,14-15,18H,2-3,5-6,9-10,13,19H2,1H3. The summed E-state index contributed by atoms with van der Waals surface area (Å²) in [5.41, 5.74) is 8.07. The van der Waals surface area contributed by atoms with Crippen LogP contribution < -0.4 is 5.73 Å². The van der Waals surface area contributed by atoms with Gasteiger partial charge >= 0.3 is 0 Å². The smallest absolute Gasteiger partial charge is 0.0248 e. The highest BCUT2D eigenvalue weighted by Crippen LogP contribution is 2.28. The van der Waals surface area contributed by atoms with E-state index in [1.54, 1.807) is 0 Å². The quantitative estimate of drug-likeness (QED) is 0.818. The van der Waals surface area contributed by atoms with Gasteiger partial charge in [0, 0.05) is 11.5 Å². The highest BCUT2D eigenvalue weighted by atomic mass is 14.5. The van der Waals surface area contributed by atoms with Crippen LogP contribution in [0.5, 0.6) is 0 Å². The first-order valence-electron chi connectivity index (χ1n) is 7.60. The van der Waals surface area contributed by atoms with E-state index in [9.17, 15) is 0 Å². The van der Waals surface area contributed by atoms with Crippen LogP contribution in [-0.4, -0.2) is 6.54 Å². The molecule has 102 valence electrons. The van der Waals surface area contributed by atoms with Crippen molar-refractivity contribution >= 4 is 0 Å². The zero-order chi connectivity index (χ0) is 13.5. The summed E-state index contributed by atoms with van der Waals surface area (Å²) in [7, 11) is 0. The van der Waals surface area contributed by atoms with Crippen LogP contribution in [0.2, 0.25) is 0 Å².